The van der Waals surface area contributed by atoms with E-state index in [0.717, 1.165) is 45.7 Å². The molecule has 6 heteroatoms. The number of ether oxygens (including phenoxy) is 1. The highest BCUT2D eigenvalue weighted by Crippen LogP contribution is 2.28. The van der Waals surface area contributed by atoms with Gasteiger partial charge in [-0.05, 0) is 38.1 Å². The number of amides is 1. The van der Waals surface area contributed by atoms with Gasteiger partial charge in [0.1, 0.15) is 5.75 Å². The molecule has 4 aromatic rings. The largest absolute Gasteiger partial charge is 0.497 e. The van der Waals surface area contributed by atoms with E-state index in [1.165, 1.54) is 0 Å². The van der Waals surface area contributed by atoms with Crippen LogP contribution in [0, 0.1) is 6.92 Å². The third-order valence-electron chi connectivity index (χ3n) is 5.57. The van der Waals surface area contributed by atoms with Crippen LogP contribution in [0.5, 0.6) is 5.75 Å². The smallest absolute Gasteiger partial charge is 0.254 e. The second-order valence-corrected chi connectivity index (χ2v) is 7.54. The summed E-state index contributed by atoms with van der Waals surface area (Å²) in [6, 6.07) is 17.3. The van der Waals surface area contributed by atoms with Crippen LogP contribution < -0.4 is 4.74 Å². The molecule has 31 heavy (non-hydrogen) atoms. The van der Waals surface area contributed by atoms with Gasteiger partial charge in [0.25, 0.3) is 5.91 Å². The number of hydrogen-bond acceptors (Lipinski definition) is 4. The maximum absolute atomic E-state index is 13.5. The first-order chi connectivity index (χ1) is 15.0. The van der Waals surface area contributed by atoms with Crippen molar-refractivity contribution >= 4 is 16.8 Å². The molecule has 2 aromatic carbocycles. The van der Waals surface area contributed by atoms with Gasteiger partial charge in [-0.2, -0.15) is 5.10 Å². The summed E-state index contributed by atoms with van der Waals surface area (Å²) >= 11 is 0. The fourth-order valence-electron chi connectivity index (χ4n) is 3.77. The molecule has 0 fully saturated rings. The Morgan fingerprint density at radius 2 is 1.94 bits per heavy atom. The molecule has 0 N–H and O–H groups in total. The summed E-state index contributed by atoms with van der Waals surface area (Å²) in [5, 5.41) is 5.24. The molecule has 0 bridgehead atoms. The van der Waals surface area contributed by atoms with Gasteiger partial charge in [-0.15, -0.1) is 0 Å². The minimum Gasteiger partial charge on any atom is -0.497 e. The zero-order chi connectivity index (χ0) is 22.0. The number of benzene rings is 2. The first-order valence-electron chi connectivity index (χ1n) is 10.3. The Morgan fingerprint density at radius 1 is 1.13 bits per heavy atom. The van der Waals surface area contributed by atoms with Crippen molar-refractivity contribution < 1.29 is 9.53 Å². The molecule has 1 amide bonds. The van der Waals surface area contributed by atoms with Crippen molar-refractivity contribution in [1.29, 1.82) is 0 Å². The topological polar surface area (TPSA) is 60.2 Å². The number of para-hydroxylation sites is 1. The molecule has 0 saturated heterocycles. The lowest BCUT2D eigenvalue weighted by molar-refractivity contribution is 0.0787. The van der Waals surface area contributed by atoms with E-state index < -0.39 is 0 Å². The molecule has 0 aliphatic carbocycles. The van der Waals surface area contributed by atoms with E-state index in [1.807, 2.05) is 79.4 Å². The van der Waals surface area contributed by atoms with Gasteiger partial charge >= 0.3 is 0 Å². The van der Waals surface area contributed by atoms with Crippen LogP contribution in [-0.2, 0) is 13.1 Å². The minimum absolute atomic E-state index is 0.0496. The normalized spacial score (nSPS) is 11.0. The Bertz CT molecular complexity index is 1250. The van der Waals surface area contributed by atoms with Crippen LogP contribution >= 0.6 is 0 Å². The zero-order valence-electron chi connectivity index (χ0n) is 18.3. The lowest BCUT2D eigenvalue weighted by Gasteiger charge is -2.19. The maximum atomic E-state index is 13.5. The van der Waals surface area contributed by atoms with Crippen LogP contribution in [0.2, 0.25) is 0 Å². The average Bonchev–Trinajstić information content (AvgIpc) is 3.16. The highest BCUT2D eigenvalue weighted by Gasteiger charge is 2.19. The second-order valence-electron chi connectivity index (χ2n) is 7.54. The number of carbonyl (C=O) groups is 1. The van der Waals surface area contributed by atoms with Gasteiger partial charge in [0.05, 0.1) is 30.1 Å². The van der Waals surface area contributed by atoms with Gasteiger partial charge in [-0.25, -0.2) is 4.98 Å². The number of aromatic nitrogens is 3. The number of methoxy groups -OCH3 is 1. The zero-order valence-corrected chi connectivity index (χ0v) is 18.3. The Labute approximate surface area is 182 Å². The van der Waals surface area contributed by atoms with Gasteiger partial charge in [-0.3, -0.25) is 9.48 Å². The molecule has 0 spiro atoms. The third-order valence-corrected chi connectivity index (χ3v) is 5.57. The molecule has 2 heterocycles. The summed E-state index contributed by atoms with van der Waals surface area (Å²) in [5.41, 5.74) is 5.19. The van der Waals surface area contributed by atoms with Gasteiger partial charge in [0.15, 0.2) is 0 Å². The number of rotatable bonds is 6. The lowest BCUT2D eigenvalue weighted by Crippen LogP contribution is -2.26. The molecule has 0 aliphatic heterocycles. The Balaban J connectivity index is 1.74. The van der Waals surface area contributed by atoms with Crippen molar-refractivity contribution in [3.63, 3.8) is 0 Å². The number of hydrogen-bond donors (Lipinski definition) is 0. The quantitative estimate of drug-likeness (QED) is 0.459. The van der Waals surface area contributed by atoms with Gasteiger partial charge in [0.2, 0.25) is 0 Å². The number of aryl methyl sites for hydroxylation is 1. The van der Waals surface area contributed by atoms with E-state index >= 15 is 0 Å². The van der Waals surface area contributed by atoms with Crippen molar-refractivity contribution in [1.82, 2.24) is 19.7 Å². The summed E-state index contributed by atoms with van der Waals surface area (Å²) in [6.45, 7) is 5.40. The van der Waals surface area contributed by atoms with Gasteiger partial charge in [0, 0.05) is 42.3 Å². The van der Waals surface area contributed by atoms with Crippen LogP contribution in [0.15, 0.2) is 60.8 Å². The van der Waals surface area contributed by atoms with Crippen LogP contribution in [0.25, 0.3) is 22.2 Å². The first-order valence-corrected chi connectivity index (χ1v) is 10.3. The fraction of sp³-hybridized carbons (Fsp3) is 0.240. The SMILES string of the molecule is CCn1ncc(CN(C)C(=O)c2cc(-c3cccc(OC)c3)nc3ccccc23)c1C. The lowest BCUT2D eigenvalue weighted by atomic mass is 10.0. The summed E-state index contributed by atoms with van der Waals surface area (Å²) in [4.78, 5) is 20.0. The molecular weight excluding hydrogens is 388 g/mol. The minimum atomic E-state index is -0.0496. The Hall–Kier alpha value is -3.67. The standard InChI is InChI=1S/C25H26N4O2/c1-5-29-17(2)19(15-26-29)16-28(3)25(30)22-14-24(18-9-8-10-20(13-18)31-4)27-23-12-7-6-11-21(22)23/h6-15H,5,16H2,1-4H3. The first kappa shape index (κ1) is 20.6. The van der Waals surface area contributed by atoms with Crippen molar-refractivity contribution in [2.45, 2.75) is 26.9 Å². The van der Waals surface area contributed by atoms with Crippen LogP contribution in [0.3, 0.4) is 0 Å². The van der Waals surface area contributed by atoms with Gasteiger partial charge in [-0.1, -0.05) is 30.3 Å². The highest BCUT2D eigenvalue weighted by atomic mass is 16.5. The Morgan fingerprint density at radius 3 is 2.68 bits per heavy atom. The Kier molecular flexibility index (Phi) is 5.71. The molecule has 0 aliphatic rings. The predicted molar refractivity (Wildman–Crippen MR) is 122 cm³/mol. The molecule has 0 saturated carbocycles. The van der Waals surface area contributed by atoms with E-state index in [1.54, 1.807) is 12.0 Å². The van der Waals surface area contributed by atoms with Crippen molar-refractivity contribution in [2.24, 2.45) is 0 Å². The summed E-state index contributed by atoms with van der Waals surface area (Å²) < 4.78 is 7.30. The van der Waals surface area contributed by atoms with E-state index in [9.17, 15) is 4.79 Å². The molecule has 4 rings (SSSR count). The molecule has 0 unspecified atom stereocenters. The molecule has 158 valence electrons. The maximum Gasteiger partial charge on any atom is 0.254 e. The number of carbonyl (C=O) groups excluding carboxylic acids is 1. The third kappa shape index (κ3) is 4.01. The van der Waals surface area contributed by atoms with E-state index in [2.05, 4.69) is 12.0 Å². The monoisotopic (exact) mass is 414 g/mol. The molecule has 2 aromatic heterocycles. The number of nitrogens with zero attached hydrogens (tertiary/aromatic N) is 4. The fourth-order valence-corrected chi connectivity index (χ4v) is 3.77. The van der Waals surface area contributed by atoms with Crippen molar-refractivity contribution in [3.8, 4) is 17.0 Å². The highest BCUT2D eigenvalue weighted by molar-refractivity contribution is 6.07. The van der Waals surface area contributed by atoms with E-state index in [-0.39, 0.29) is 5.91 Å². The second kappa shape index (κ2) is 8.60. The van der Waals surface area contributed by atoms with E-state index in [4.69, 9.17) is 9.72 Å². The van der Waals surface area contributed by atoms with Crippen LogP contribution in [0.4, 0.5) is 0 Å². The summed E-state index contributed by atoms with van der Waals surface area (Å²) in [7, 11) is 3.46. The van der Waals surface area contributed by atoms with Crippen molar-refractivity contribution in [2.75, 3.05) is 14.2 Å². The number of pyridine rings is 1. The van der Waals surface area contributed by atoms with Crippen molar-refractivity contribution in [3.05, 3.63) is 77.6 Å². The molecular formula is C25H26N4O2. The average molecular weight is 415 g/mol. The van der Waals surface area contributed by atoms with Crippen LogP contribution in [0.1, 0.15) is 28.5 Å². The van der Waals surface area contributed by atoms with E-state index in [0.29, 0.717) is 12.1 Å². The molecule has 0 radical (unpaired) electrons. The molecule has 0 atom stereocenters. The van der Waals surface area contributed by atoms with Crippen LogP contribution in [-0.4, -0.2) is 39.7 Å². The van der Waals surface area contributed by atoms with Gasteiger partial charge < -0.3 is 9.64 Å². The summed E-state index contributed by atoms with van der Waals surface area (Å²) in [6.07, 6.45) is 1.84. The number of fused-ring (bicyclic) bond motifs is 1. The predicted octanol–water partition coefficient (Wildman–Crippen LogP) is 4.71. The molecule has 6 nitrogen and oxygen atoms in total. The summed E-state index contributed by atoms with van der Waals surface area (Å²) in [5.74, 6) is 0.701.